The van der Waals surface area contributed by atoms with Crippen molar-refractivity contribution < 1.29 is 40.7 Å². The van der Waals surface area contributed by atoms with Crippen LogP contribution in [0.1, 0.15) is 66.4 Å². The molecule has 7 nitrogen and oxygen atoms in total. The Balaban J connectivity index is 0.935. The maximum absolute atomic E-state index is 13.8. The number of amides is 2. The van der Waals surface area contributed by atoms with Crippen molar-refractivity contribution in [1.82, 2.24) is 19.6 Å². The van der Waals surface area contributed by atoms with Gasteiger partial charge in [-0.25, -0.2) is 0 Å². The number of nitrogens with zero attached hydrogens (tertiary/aromatic N) is 4. The summed E-state index contributed by atoms with van der Waals surface area (Å²) in [5.74, 6) is -0.772. The van der Waals surface area contributed by atoms with Crippen molar-refractivity contribution in [1.29, 1.82) is 0 Å². The normalized spacial score (nSPS) is 21.3. The molecule has 57 heavy (non-hydrogen) atoms. The molecule has 0 saturated carbocycles. The lowest BCUT2D eigenvalue weighted by Gasteiger charge is -2.47. The molecule has 14 heteroatoms. The number of ether oxygens (including phenoxy) is 1. The summed E-state index contributed by atoms with van der Waals surface area (Å²) >= 11 is 1.52. The quantitative estimate of drug-likeness (QED) is 0.113. The van der Waals surface area contributed by atoms with Crippen LogP contribution in [-0.4, -0.2) is 102 Å². The average molecular weight is 813 g/mol. The van der Waals surface area contributed by atoms with Gasteiger partial charge in [-0.15, -0.1) is 11.3 Å². The number of carbonyl (C=O) groups excluding carboxylic acids is 2. The second-order valence-electron chi connectivity index (χ2n) is 15.1. The zero-order valence-corrected chi connectivity index (χ0v) is 32.3. The zero-order chi connectivity index (χ0) is 40.2. The summed E-state index contributed by atoms with van der Waals surface area (Å²) in [5.41, 5.74) is -1.56. The zero-order valence-electron chi connectivity index (χ0n) is 31.5. The van der Waals surface area contributed by atoms with Gasteiger partial charge in [-0.3, -0.25) is 19.4 Å². The number of piperidine rings is 1. The Morgan fingerprint density at radius 3 is 1.91 bits per heavy atom. The fraction of sp³-hybridized carbons (Fsp3) is 0.442. The number of carbonyl (C=O) groups is 2. The summed E-state index contributed by atoms with van der Waals surface area (Å²) in [4.78, 5) is 37.4. The Kier molecular flexibility index (Phi) is 12.7. The van der Waals surface area contributed by atoms with E-state index in [0.717, 1.165) is 59.9 Å². The Labute approximate surface area is 332 Å². The molecule has 0 spiro atoms. The molecule has 3 unspecified atom stereocenters. The monoisotopic (exact) mass is 812 g/mol. The number of thiophene rings is 1. The first-order valence-electron chi connectivity index (χ1n) is 19.4. The Morgan fingerprint density at radius 2 is 1.28 bits per heavy atom. The van der Waals surface area contributed by atoms with Crippen molar-refractivity contribution in [2.24, 2.45) is 0 Å². The largest absolute Gasteiger partial charge is 0.416 e. The third-order valence-corrected chi connectivity index (χ3v) is 12.5. The molecule has 0 N–H and O–H groups in total. The minimum Gasteiger partial charge on any atom is -0.376 e. The fourth-order valence-electron chi connectivity index (χ4n) is 8.36. The van der Waals surface area contributed by atoms with Crippen LogP contribution < -0.4 is 0 Å². The van der Waals surface area contributed by atoms with E-state index in [9.17, 15) is 35.9 Å². The van der Waals surface area contributed by atoms with Crippen LogP contribution in [0.3, 0.4) is 0 Å². The minimum atomic E-state index is -5.05. The maximum atomic E-state index is 13.8. The highest BCUT2D eigenvalue weighted by atomic mass is 32.1. The number of halogens is 6. The molecule has 4 heterocycles. The van der Waals surface area contributed by atoms with E-state index >= 15 is 0 Å². The van der Waals surface area contributed by atoms with Crippen molar-refractivity contribution in [3.8, 4) is 0 Å². The summed E-state index contributed by atoms with van der Waals surface area (Å²) in [7, 11) is 0. The van der Waals surface area contributed by atoms with Gasteiger partial charge in [0.05, 0.1) is 29.2 Å². The van der Waals surface area contributed by atoms with Crippen molar-refractivity contribution in [3.63, 3.8) is 0 Å². The predicted molar refractivity (Wildman–Crippen MR) is 206 cm³/mol. The average Bonchev–Trinajstić information content (AvgIpc) is 3.90. The highest BCUT2D eigenvalue weighted by Gasteiger charge is 2.41. The van der Waals surface area contributed by atoms with Crippen LogP contribution in [0.25, 0.3) is 0 Å². The van der Waals surface area contributed by atoms with Gasteiger partial charge in [0.1, 0.15) is 0 Å². The van der Waals surface area contributed by atoms with Crippen LogP contribution in [0.4, 0.5) is 26.3 Å². The maximum Gasteiger partial charge on any atom is 0.416 e. The second kappa shape index (κ2) is 17.7. The van der Waals surface area contributed by atoms with Gasteiger partial charge in [0.15, 0.2) is 0 Å². The van der Waals surface area contributed by atoms with Gasteiger partial charge in [-0.2, -0.15) is 26.3 Å². The molecule has 0 aliphatic carbocycles. The van der Waals surface area contributed by atoms with Crippen LogP contribution in [0.15, 0.2) is 91.0 Å². The standard InChI is InChI=1S/C43H46F6N4O3S/c44-42(45,46)33-24-32(25-34(26-33)43(47,48)49)40(54)53-17-14-35(27-37(53)23-30-7-3-1-4-8-30)50-18-20-51(21-19-50)36-13-16-52(28-36)41(55)39-12-11-38(57-39)15-22-56-29-31-9-5-2-6-10-31/h1-12,24-26,35-37H,13-23,27-29H2. The van der Waals surface area contributed by atoms with Crippen LogP contribution in [0, 0.1) is 0 Å². The van der Waals surface area contributed by atoms with Crippen LogP contribution in [-0.2, 0) is 36.5 Å². The first kappa shape index (κ1) is 40.9. The minimum absolute atomic E-state index is 0.0520. The van der Waals surface area contributed by atoms with E-state index in [1.165, 1.54) is 16.2 Å². The van der Waals surface area contributed by atoms with E-state index in [2.05, 4.69) is 9.80 Å². The van der Waals surface area contributed by atoms with E-state index in [1.807, 2.05) is 77.7 Å². The smallest absolute Gasteiger partial charge is 0.376 e. The molecule has 3 saturated heterocycles. The van der Waals surface area contributed by atoms with E-state index in [0.29, 0.717) is 57.7 Å². The highest BCUT2D eigenvalue weighted by Crippen LogP contribution is 2.37. The molecule has 3 aromatic carbocycles. The highest BCUT2D eigenvalue weighted by molar-refractivity contribution is 7.14. The number of hydrogen-bond acceptors (Lipinski definition) is 6. The molecule has 4 aromatic rings. The van der Waals surface area contributed by atoms with E-state index in [4.69, 9.17) is 4.74 Å². The van der Waals surface area contributed by atoms with Crippen LogP contribution >= 0.6 is 11.3 Å². The molecule has 3 aliphatic rings. The summed E-state index contributed by atoms with van der Waals surface area (Å²) in [5, 5.41) is 0. The fourth-order valence-corrected chi connectivity index (χ4v) is 9.32. The van der Waals surface area contributed by atoms with Crippen LogP contribution in [0.2, 0.25) is 0 Å². The molecule has 3 atom stereocenters. The first-order valence-corrected chi connectivity index (χ1v) is 20.3. The van der Waals surface area contributed by atoms with Gasteiger partial charge >= 0.3 is 12.4 Å². The van der Waals surface area contributed by atoms with E-state index in [-0.39, 0.29) is 30.6 Å². The first-order chi connectivity index (χ1) is 27.3. The Hall–Kier alpha value is -4.24. The molecule has 2 amide bonds. The summed E-state index contributed by atoms with van der Waals surface area (Å²) < 4.78 is 87.9. The summed E-state index contributed by atoms with van der Waals surface area (Å²) in [6.07, 6.45) is -6.94. The second-order valence-corrected chi connectivity index (χ2v) is 16.3. The lowest BCUT2D eigenvalue weighted by molar-refractivity contribution is -0.143. The lowest BCUT2D eigenvalue weighted by atomic mass is 9.90. The number of benzene rings is 3. The molecule has 1 aromatic heterocycles. The molecular weight excluding hydrogens is 767 g/mol. The van der Waals surface area contributed by atoms with E-state index in [1.54, 1.807) is 0 Å². The Morgan fingerprint density at radius 1 is 0.684 bits per heavy atom. The third kappa shape index (κ3) is 10.3. The van der Waals surface area contributed by atoms with Gasteiger partial charge in [-0.1, -0.05) is 60.7 Å². The Bertz CT molecular complexity index is 1930. The predicted octanol–water partition coefficient (Wildman–Crippen LogP) is 8.29. The number of likely N-dealkylation sites (tertiary alicyclic amines) is 2. The van der Waals surface area contributed by atoms with Gasteiger partial charge in [0.25, 0.3) is 11.8 Å². The van der Waals surface area contributed by atoms with Crippen molar-refractivity contribution in [3.05, 3.63) is 129 Å². The summed E-state index contributed by atoms with van der Waals surface area (Å²) in [6, 6.07) is 24.4. The van der Waals surface area contributed by atoms with Gasteiger partial charge in [0.2, 0.25) is 0 Å². The number of piperazine rings is 1. The lowest BCUT2D eigenvalue weighted by Crippen LogP contribution is -2.58. The molecule has 0 bridgehead atoms. The number of rotatable bonds is 11. The van der Waals surface area contributed by atoms with Crippen molar-refractivity contribution >= 4 is 23.2 Å². The van der Waals surface area contributed by atoms with Gasteiger partial charge < -0.3 is 14.5 Å². The molecule has 0 radical (unpaired) electrons. The molecule has 7 rings (SSSR count). The third-order valence-electron chi connectivity index (χ3n) is 11.4. The molecule has 3 aliphatic heterocycles. The number of alkyl halides is 6. The van der Waals surface area contributed by atoms with Crippen molar-refractivity contribution in [2.75, 3.05) is 52.4 Å². The molecular formula is C43H46F6N4O3S. The summed E-state index contributed by atoms with van der Waals surface area (Å²) in [6.45, 7) is 5.90. The molecule has 3 fully saturated rings. The van der Waals surface area contributed by atoms with E-state index < -0.39 is 41.0 Å². The molecule has 304 valence electrons. The van der Waals surface area contributed by atoms with Crippen LogP contribution in [0.5, 0.6) is 0 Å². The SMILES string of the molecule is O=C(c1ccc(CCOCc2ccccc2)s1)N1CCC(N2CCN(C3CCN(C(=O)c4cc(C(F)(F)F)cc(C(F)(F)F)c4)C(Cc4ccccc4)C3)CC2)C1. The van der Waals surface area contributed by atoms with Crippen molar-refractivity contribution in [2.45, 2.75) is 69.2 Å². The van der Waals surface area contributed by atoms with Gasteiger partial charge in [0, 0.05) is 80.8 Å². The topological polar surface area (TPSA) is 56.3 Å². The van der Waals surface area contributed by atoms with Gasteiger partial charge in [-0.05, 0) is 67.1 Å². The number of hydrogen-bond donors (Lipinski definition) is 0.